The second-order valence-electron chi connectivity index (χ2n) is 6.93. The molecule has 7 heteroatoms. The van der Waals surface area contributed by atoms with Crippen LogP contribution in [0.5, 0.6) is 0 Å². The van der Waals surface area contributed by atoms with Gasteiger partial charge in [-0.15, -0.1) is 0 Å². The van der Waals surface area contributed by atoms with Crippen molar-refractivity contribution in [2.45, 2.75) is 31.4 Å². The molecule has 2 aliphatic rings. The molecule has 2 fully saturated rings. The van der Waals surface area contributed by atoms with E-state index in [1.165, 1.54) is 0 Å². The molecule has 2 aliphatic heterocycles. The standard InChI is InChI=1S/C18H22N4O3/c1-21-13-18(24-17(21)23)6-4-9-22(10-7-18)12-14-11-16(20-25-14)15-5-2-3-8-19-15/h2-3,5,8,11H,4,6-7,9-10,12-13H2,1H3. The molecule has 0 saturated carbocycles. The Morgan fingerprint density at radius 3 is 2.92 bits per heavy atom. The van der Waals surface area contributed by atoms with E-state index in [2.05, 4.69) is 15.0 Å². The summed E-state index contributed by atoms with van der Waals surface area (Å²) in [5.41, 5.74) is 1.25. The summed E-state index contributed by atoms with van der Waals surface area (Å²) in [4.78, 5) is 20.0. The van der Waals surface area contributed by atoms with Crippen molar-refractivity contribution >= 4 is 6.09 Å². The lowest BCUT2D eigenvalue weighted by Crippen LogP contribution is -2.35. The van der Waals surface area contributed by atoms with Gasteiger partial charge in [-0.2, -0.15) is 0 Å². The van der Waals surface area contributed by atoms with Gasteiger partial charge in [-0.25, -0.2) is 4.79 Å². The number of aromatic nitrogens is 2. The molecule has 0 aromatic carbocycles. The Kier molecular flexibility index (Phi) is 4.17. The van der Waals surface area contributed by atoms with Crippen molar-refractivity contribution in [3.8, 4) is 11.4 Å². The van der Waals surface area contributed by atoms with E-state index in [9.17, 15) is 4.79 Å². The summed E-state index contributed by atoms with van der Waals surface area (Å²) in [6.07, 6.45) is 4.31. The van der Waals surface area contributed by atoms with E-state index in [4.69, 9.17) is 9.26 Å². The molecule has 0 radical (unpaired) electrons. The van der Waals surface area contributed by atoms with Crippen molar-refractivity contribution in [1.29, 1.82) is 0 Å². The molecular weight excluding hydrogens is 320 g/mol. The highest BCUT2D eigenvalue weighted by Crippen LogP contribution is 2.33. The fraction of sp³-hybridized carbons (Fsp3) is 0.500. The summed E-state index contributed by atoms with van der Waals surface area (Å²) in [5, 5.41) is 4.13. The summed E-state index contributed by atoms with van der Waals surface area (Å²) in [5.74, 6) is 0.831. The molecule has 2 aromatic heterocycles. The van der Waals surface area contributed by atoms with E-state index in [0.717, 1.165) is 49.5 Å². The topological polar surface area (TPSA) is 71.7 Å². The third-order valence-corrected chi connectivity index (χ3v) is 5.00. The van der Waals surface area contributed by atoms with Gasteiger partial charge in [0.25, 0.3) is 0 Å². The van der Waals surface area contributed by atoms with Gasteiger partial charge in [0.15, 0.2) is 5.76 Å². The van der Waals surface area contributed by atoms with E-state index >= 15 is 0 Å². The zero-order chi connectivity index (χ0) is 17.3. The Morgan fingerprint density at radius 2 is 2.16 bits per heavy atom. The number of pyridine rings is 1. The van der Waals surface area contributed by atoms with E-state index in [1.807, 2.05) is 24.3 Å². The number of hydrogen-bond donors (Lipinski definition) is 0. The number of nitrogens with zero attached hydrogens (tertiary/aromatic N) is 4. The fourth-order valence-corrected chi connectivity index (χ4v) is 3.68. The molecule has 0 N–H and O–H groups in total. The van der Waals surface area contributed by atoms with Crippen LogP contribution in [0.15, 0.2) is 35.0 Å². The van der Waals surface area contributed by atoms with Crippen LogP contribution in [-0.2, 0) is 11.3 Å². The van der Waals surface area contributed by atoms with Crippen LogP contribution >= 0.6 is 0 Å². The molecule has 2 aromatic rings. The lowest BCUT2D eigenvalue weighted by Gasteiger charge is -2.25. The van der Waals surface area contributed by atoms with Crippen molar-refractivity contribution in [1.82, 2.24) is 19.9 Å². The molecule has 25 heavy (non-hydrogen) atoms. The van der Waals surface area contributed by atoms with Gasteiger partial charge in [-0.3, -0.25) is 9.88 Å². The molecule has 0 bridgehead atoms. The Hall–Kier alpha value is -2.41. The quantitative estimate of drug-likeness (QED) is 0.854. The maximum absolute atomic E-state index is 11.7. The molecule has 4 rings (SSSR count). The number of carbonyl (C=O) groups is 1. The average Bonchev–Trinajstić information content (AvgIpc) is 3.12. The van der Waals surface area contributed by atoms with Gasteiger partial charge < -0.3 is 14.2 Å². The SMILES string of the molecule is CN1CC2(CCCN(Cc3cc(-c4ccccn4)no3)CC2)OC1=O. The van der Waals surface area contributed by atoms with E-state index < -0.39 is 0 Å². The molecular formula is C18H22N4O3. The minimum Gasteiger partial charge on any atom is -0.441 e. The Morgan fingerprint density at radius 1 is 1.24 bits per heavy atom. The minimum atomic E-state index is -0.318. The van der Waals surface area contributed by atoms with Crippen molar-refractivity contribution in [3.63, 3.8) is 0 Å². The lowest BCUT2D eigenvalue weighted by atomic mass is 9.95. The zero-order valence-electron chi connectivity index (χ0n) is 14.4. The molecule has 1 amide bonds. The Balaban J connectivity index is 1.39. The highest BCUT2D eigenvalue weighted by Gasteiger charge is 2.44. The number of amides is 1. The number of likely N-dealkylation sites (N-methyl/N-ethyl adjacent to an activating group) is 1. The molecule has 132 valence electrons. The molecule has 1 unspecified atom stereocenters. The normalized spacial score (nSPS) is 24.5. The molecule has 0 aliphatic carbocycles. The first-order valence-electron chi connectivity index (χ1n) is 8.67. The van der Waals surface area contributed by atoms with E-state index in [-0.39, 0.29) is 11.7 Å². The summed E-state index contributed by atoms with van der Waals surface area (Å²) >= 11 is 0. The van der Waals surface area contributed by atoms with Crippen LogP contribution in [0.3, 0.4) is 0 Å². The first-order chi connectivity index (χ1) is 12.1. The second-order valence-corrected chi connectivity index (χ2v) is 6.93. The minimum absolute atomic E-state index is 0.205. The summed E-state index contributed by atoms with van der Waals surface area (Å²) in [6.45, 7) is 3.23. The molecule has 1 atom stereocenters. The van der Waals surface area contributed by atoms with Gasteiger partial charge in [0.2, 0.25) is 0 Å². The maximum atomic E-state index is 11.7. The predicted molar refractivity (Wildman–Crippen MR) is 90.7 cm³/mol. The summed E-state index contributed by atoms with van der Waals surface area (Å²) in [6, 6.07) is 7.68. The summed E-state index contributed by atoms with van der Waals surface area (Å²) < 4.78 is 11.1. The van der Waals surface area contributed by atoms with Crippen LogP contribution in [0, 0.1) is 0 Å². The molecule has 2 saturated heterocycles. The first-order valence-corrected chi connectivity index (χ1v) is 8.67. The zero-order valence-corrected chi connectivity index (χ0v) is 14.4. The smallest absolute Gasteiger partial charge is 0.410 e. The van der Waals surface area contributed by atoms with Gasteiger partial charge in [-0.05, 0) is 31.5 Å². The largest absolute Gasteiger partial charge is 0.441 e. The van der Waals surface area contributed by atoms with Crippen LogP contribution in [0.4, 0.5) is 4.79 Å². The molecule has 1 spiro atoms. The van der Waals surface area contributed by atoms with Crippen molar-refractivity contribution in [3.05, 3.63) is 36.2 Å². The number of hydrogen-bond acceptors (Lipinski definition) is 6. The number of ether oxygens (including phenoxy) is 1. The highest BCUT2D eigenvalue weighted by molar-refractivity contribution is 5.70. The van der Waals surface area contributed by atoms with Crippen molar-refractivity contribution < 1.29 is 14.1 Å². The van der Waals surface area contributed by atoms with Crippen LogP contribution < -0.4 is 0 Å². The average molecular weight is 342 g/mol. The van der Waals surface area contributed by atoms with E-state index in [0.29, 0.717) is 13.1 Å². The number of rotatable bonds is 3. The van der Waals surface area contributed by atoms with Gasteiger partial charge >= 0.3 is 6.09 Å². The van der Waals surface area contributed by atoms with Crippen LogP contribution in [0.2, 0.25) is 0 Å². The molecule has 4 heterocycles. The van der Waals surface area contributed by atoms with Crippen molar-refractivity contribution in [2.75, 3.05) is 26.7 Å². The van der Waals surface area contributed by atoms with Crippen molar-refractivity contribution in [2.24, 2.45) is 0 Å². The van der Waals surface area contributed by atoms with Gasteiger partial charge in [0.1, 0.15) is 11.3 Å². The monoisotopic (exact) mass is 342 g/mol. The van der Waals surface area contributed by atoms with Crippen LogP contribution in [0.25, 0.3) is 11.4 Å². The fourth-order valence-electron chi connectivity index (χ4n) is 3.68. The van der Waals surface area contributed by atoms with Gasteiger partial charge in [0, 0.05) is 32.3 Å². The predicted octanol–water partition coefficient (Wildman–Crippen LogP) is 2.54. The summed E-state index contributed by atoms with van der Waals surface area (Å²) in [7, 11) is 1.80. The van der Waals surface area contributed by atoms with Gasteiger partial charge in [0.05, 0.1) is 18.8 Å². The Bertz CT molecular complexity index is 748. The maximum Gasteiger partial charge on any atom is 0.410 e. The lowest BCUT2D eigenvalue weighted by molar-refractivity contribution is 0.0440. The third kappa shape index (κ3) is 3.37. The van der Waals surface area contributed by atoms with Crippen LogP contribution in [-0.4, -0.2) is 58.3 Å². The first kappa shape index (κ1) is 16.1. The van der Waals surface area contributed by atoms with Crippen LogP contribution in [0.1, 0.15) is 25.0 Å². The van der Waals surface area contributed by atoms with Gasteiger partial charge in [-0.1, -0.05) is 11.2 Å². The van der Waals surface area contributed by atoms with E-state index in [1.54, 1.807) is 18.1 Å². The Labute approximate surface area is 146 Å². The second kappa shape index (κ2) is 6.48. The third-order valence-electron chi connectivity index (χ3n) is 5.00. The number of likely N-dealkylation sites (tertiary alicyclic amines) is 1. The molecule has 7 nitrogen and oxygen atoms in total. The number of carbonyl (C=O) groups excluding carboxylic acids is 1. The highest BCUT2D eigenvalue weighted by atomic mass is 16.6.